The van der Waals surface area contributed by atoms with Gasteiger partial charge >= 0.3 is 5.97 Å². The smallest absolute Gasteiger partial charge is 0.358 e. The summed E-state index contributed by atoms with van der Waals surface area (Å²) in [5.74, 6) is -0.311. The van der Waals surface area contributed by atoms with E-state index in [9.17, 15) is 4.79 Å². The average Bonchev–Trinajstić information content (AvgIpc) is 2.88. The van der Waals surface area contributed by atoms with Crippen LogP contribution in [0.4, 0.5) is 0 Å². The molecule has 20 heavy (non-hydrogen) atoms. The first-order chi connectivity index (χ1) is 9.72. The van der Waals surface area contributed by atoms with Gasteiger partial charge in [0.2, 0.25) is 0 Å². The minimum Gasteiger partial charge on any atom is -0.494 e. The van der Waals surface area contributed by atoms with Gasteiger partial charge in [-0.05, 0) is 12.1 Å². The van der Waals surface area contributed by atoms with E-state index in [1.165, 1.54) is 4.68 Å². The number of carbonyl (C=O) groups is 1. The third-order valence-corrected chi connectivity index (χ3v) is 2.76. The van der Waals surface area contributed by atoms with Crippen molar-refractivity contribution in [3.8, 4) is 5.75 Å². The van der Waals surface area contributed by atoms with E-state index < -0.39 is 5.97 Å². The number of carboxylic acid groups (broad SMARTS) is 1. The van der Waals surface area contributed by atoms with Crippen LogP contribution in [0.25, 0.3) is 0 Å². The zero-order valence-electron chi connectivity index (χ0n) is 10.9. The Hall–Kier alpha value is -2.41. The molecule has 0 atom stereocenters. The quantitative estimate of drug-likeness (QED) is 0.728. The highest BCUT2D eigenvalue weighted by molar-refractivity contribution is 5.86. The van der Waals surface area contributed by atoms with Gasteiger partial charge in [-0.25, -0.2) is 9.48 Å². The van der Waals surface area contributed by atoms with Crippen LogP contribution in [0, 0.1) is 0 Å². The van der Waals surface area contributed by atoms with Crippen LogP contribution in [0.3, 0.4) is 0 Å². The first-order valence-electron chi connectivity index (χ1n) is 6.26. The molecule has 0 fully saturated rings. The second-order valence-corrected chi connectivity index (χ2v) is 4.13. The summed E-state index contributed by atoms with van der Waals surface area (Å²) in [4.78, 5) is 10.9. The number of nitrogens with two attached hydrogens (primary N) is 1. The average molecular weight is 276 g/mol. The van der Waals surface area contributed by atoms with Crippen LogP contribution in [0.2, 0.25) is 0 Å². The summed E-state index contributed by atoms with van der Waals surface area (Å²) in [7, 11) is 0. The van der Waals surface area contributed by atoms with E-state index >= 15 is 0 Å². The van der Waals surface area contributed by atoms with Gasteiger partial charge in [-0.1, -0.05) is 23.4 Å². The standard InChI is InChI=1S/C13H16N4O3/c14-9-11-12(13(18)19)15-16-17(11)7-4-8-20-10-5-2-1-3-6-10/h1-3,5-6H,4,7-9,14H2,(H,18,19). The van der Waals surface area contributed by atoms with Crippen LogP contribution in [-0.2, 0) is 13.1 Å². The number of aromatic carboxylic acids is 1. The number of aryl methyl sites for hydroxylation is 1. The van der Waals surface area contributed by atoms with E-state index in [0.717, 1.165) is 5.75 Å². The van der Waals surface area contributed by atoms with E-state index in [0.29, 0.717) is 25.3 Å². The van der Waals surface area contributed by atoms with Gasteiger partial charge in [-0.2, -0.15) is 0 Å². The van der Waals surface area contributed by atoms with Crippen molar-refractivity contribution in [1.29, 1.82) is 0 Å². The van der Waals surface area contributed by atoms with Crippen molar-refractivity contribution in [3.05, 3.63) is 41.7 Å². The summed E-state index contributed by atoms with van der Waals surface area (Å²) in [5.41, 5.74) is 5.87. The molecule has 0 amide bonds. The Morgan fingerprint density at radius 1 is 1.35 bits per heavy atom. The summed E-state index contributed by atoms with van der Waals surface area (Å²) in [6.45, 7) is 1.12. The summed E-state index contributed by atoms with van der Waals surface area (Å²) < 4.78 is 7.06. The fraction of sp³-hybridized carbons (Fsp3) is 0.308. The first-order valence-corrected chi connectivity index (χ1v) is 6.26. The summed E-state index contributed by atoms with van der Waals surface area (Å²) >= 11 is 0. The van der Waals surface area contributed by atoms with Crippen molar-refractivity contribution in [3.63, 3.8) is 0 Å². The van der Waals surface area contributed by atoms with Gasteiger partial charge in [0.25, 0.3) is 0 Å². The second-order valence-electron chi connectivity index (χ2n) is 4.13. The number of hydrogen-bond donors (Lipinski definition) is 2. The van der Waals surface area contributed by atoms with Crippen molar-refractivity contribution >= 4 is 5.97 Å². The van der Waals surface area contributed by atoms with Crippen molar-refractivity contribution in [1.82, 2.24) is 15.0 Å². The van der Waals surface area contributed by atoms with Crippen LogP contribution in [0.15, 0.2) is 30.3 Å². The van der Waals surface area contributed by atoms with Gasteiger partial charge < -0.3 is 15.6 Å². The number of aromatic nitrogens is 3. The first kappa shape index (κ1) is 14.0. The van der Waals surface area contributed by atoms with Gasteiger partial charge in [0.15, 0.2) is 5.69 Å². The predicted octanol–water partition coefficient (Wildman–Crippen LogP) is 0.904. The number of nitrogens with zero attached hydrogens (tertiary/aromatic N) is 3. The Bertz CT molecular complexity index is 568. The van der Waals surface area contributed by atoms with Gasteiger partial charge in [-0.15, -0.1) is 5.10 Å². The van der Waals surface area contributed by atoms with E-state index in [1.54, 1.807) is 0 Å². The lowest BCUT2D eigenvalue weighted by molar-refractivity contribution is 0.0689. The molecular weight excluding hydrogens is 260 g/mol. The van der Waals surface area contributed by atoms with E-state index in [4.69, 9.17) is 15.6 Å². The Balaban J connectivity index is 1.87. The van der Waals surface area contributed by atoms with Gasteiger partial charge in [0, 0.05) is 19.5 Å². The zero-order chi connectivity index (χ0) is 14.4. The molecule has 0 saturated heterocycles. The lowest BCUT2D eigenvalue weighted by atomic mass is 10.3. The molecule has 0 radical (unpaired) electrons. The third-order valence-electron chi connectivity index (χ3n) is 2.76. The largest absolute Gasteiger partial charge is 0.494 e. The topological polar surface area (TPSA) is 103 Å². The van der Waals surface area contributed by atoms with E-state index in [2.05, 4.69) is 10.3 Å². The number of rotatable bonds is 7. The molecule has 3 N–H and O–H groups in total. The molecule has 1 aromatic carbocycles. The summed E-state index contributed by atoms with van der Waals surface area (Å²) in [5, 5.41) is 16.4. The highest BCUT2D eigenvalue weighted by Crippen LogP contribution is 2.09. The molecule has 2 aromatic rings. The van der Waals surface area contributed by atoms with Crippen molar-refractivity contribution in [2.24, 2.45) is 5.73 Å². The molecule has 2 rings (SSSR count). The molecule has 106 valence electrons. The van der Waals surface area contributed by atoms with Gasteiger partial charge in [0.1, 0.15) is 5.75 Å². The highest BCUT2D eigenvalue weighted by atomic mass is 16.5. The highest BCUT2D eigenvalue weighted by Gasteiger charge is 2.17. The fourth-order valence-electron chi connectivity index (χ4n) is 1.80. The Kier molecular flexibility index (Phi) is 4.67. The number of ether oxygens (including phenoxy) is 1. The lowest BCUT2D eigenvalue weighted by Crippen LogP contribution is -2.14. The zero-order valence-corrected chi connectivity index (χ0v) is 10.9. The Labute approximate surface area is 116 Å². The van der Waals surface area contributed by atoms with Crippen molar-refractivity contribution in [2.75, 3.05) is 6.61 Å². The maximum Gasteiger partial charge on any atom is 0.358 e. The number of carboxylic acids is 1. The van der Waals surface area contributed by atoms with Crippen LogP contribution in [-0.4, -0.2) is 32.7 Å². The minimum atomic E-state index is -1.11. The molecule has 7 nitrogen and oxygen atoms in total. The number of para-hydroxylation sites is 1. The molecule has 0 spiro atoms. The number of benzene rings is 1. The van der Waals surface area contributed by atoms with Crippen LogP contribution in [0.1, 0.15) is 22.6 Å². The molecular formula is C13H16N4O3. The van der Waals surface area contributed by atoms with E-state index in [-0.39, 0.29) is 12.2 Å². The third kappa shape index (κ3) is 3.33. The SMILES string of the molecule is NCc1c(C(=O)O)nnn1CCCOc1ccccc1. The molecule has 0 unspecified atom stereocenters. The molecule has 0 aliphatic carbocycles. The summed E-state index contributed by atoms with van der Waals surface area (Å²) in [6.07, 6.45) is 0.685. The number of hydrogen-bond acceptors (Lipinski definition) is 5. The molecule has 7 heteroatoms. The molecule has 1 heterocycles. The molecule has 0 bridgehead atoms. The summed E-state index contributed by atoms with van der Waals surface area (Å²) in [6, 6.07) is 9.48. The lowest BCUT2D eigenvalue weighted by Gasteiger charge is -2.07. The van der Waals surface area contributed by atoms with Crippen LogP contribution >= 0.6 is 0 Å². The van der Waals surface area contributed by atoms with Crippen molar-refractivity contribution in [2.45, 2.75) is 19.5 Å². The van der Waals surface area contributed by atoms with Crippen LogP contribution < -0.4 is 10.5 Å². The molecule has 0 saturated carbocycles. The monoisotopic (exact) mass is 276 g/mol. The molecule has 0 aliphatic heterocycles. The predicted molar refractivity (Wildman–Crippen MR) is 71.4 cm³/mol. The second kappa shape index (κ2) is 6.67. The van der Waals surface area contributed by atoms with Crippen LogP contribution in [0.5, 0.6) is 5.75 Å². The molecule has 0 aliphatic rings. The van der Waals surface area contributed by atoms with Gasteiger partial charge in [-0.3, -0.25) is 0 Å². The normalized spacial score (nSPS) is 10.4. The maximum absolute atomic E-state index is 10.9. The minimum absolute atomic E-state index is 0.0866. The Morgan fingerprint density at radius 3 is 2.75 bits per heavy atom. The maximum atomic E-state index is 10.9. The molecule has 1 aromatic heterocycles. The fourth-order valence-corrected chi connectivity index (χ4v) is 1.80. The van der Waals surface area contributed by atoms with E-state index in [1.807, 2.05) is 30.3 Å². The van der Waals surface area contributed by atoms with Crippen molar-refractivity contribution < 1.29 is 14.6 Å². The van der Waals surface area contributed by atoms with Gasteiger partial charge in [0.05, 0.1) is 12.3 Å². The Morgan fingerprint density at radius 2 is 2.10 bits per heavy atom.